The molecule has 0 saturated heterocycles. The Morgan fingerprint density at radius 3 is 2.52 bits per heavy atom. The van der Waals surface area contributed by atoms with Crippen molar-refractivity contribution in [3.63, 3.8) is 0 Å². The van der Waals surface area contributed by atoms with E-state index >= 15 is 0 Å². The molecule has 148 valence electrons. The molecule has 1 amide bonds. The van der Waals surface area contributed by atoms with Crippen LogP contribution in [0.15, 0.2) is 48.2 Å². The average molecular weight is 409 g/mol. The third kappa shape index (κ3) is 5.59. The van der Waals surface area contributed by atoms with Gasteiger partial charge in [-0.3, -0.25) is 9.69 Å². The lowest BCUT2D eigenvalue weighted by Gasteiger charge is -2.39. The SMILES string of the molecule is C=C1N(C)C(NSCCCC)=C(NCc2ccc(Cl)cc2)C(=O)N1CCC. The molecule has 1 aromatic rings. The number of nitrogens with one attached hydrogen (secondary N) is 2. The molecule has 7 heteroatoms. The summed E-state index contributed by atoms with van der Waals surface area (Å²) in [5, 5.41) is 4.02. The lowest BCUT2D eigenvalue weighted by Crippen LogP contribution is -2.49. The highest BCUT2D eigenvalue weighted by molar-refractivity contribution is 7.97. The number of unbranched alkanes of at least 4 members (excludes halogenated alkanes) is 1. The molecule has 0 fully saturated rings. The largest absolute Gasteiger partial charge is 0.374 e. The second-order valence-electron chi connectivity index (χ2n) is 6.44. The van der Waals surface area contributed by atoms with Crippen LogP contribution < -0.4 is 10.0 Å². The van der Waals surface area contributed by atoms with Crippen LogP contribution in [0, 0.1) is 0 Å². The summed E-state index contributed by atoms with van der Waals surface area (Å²) in [6, 6.07) is 7.62. The molecule has 0 saturated carbocycles. The van der Waals surface area contributed by atoms with Crippen molar-refractivity contribution in [1.82, 2.24) is 19.8 Å². The van der Waals surface area contributed by atoms with Gasteiger partial charge in [-0.1, -0.05) is 62.5 Å². The summed E-state index contributed by atoms with van der Waals surface area (Å²) in [5.74, 6) is 2.38. The molecule has 1 aliphatic heterocycles. The van der Waals surface area contributed by atoms with E-state index in [1.54, 1.807) is 16.8 Å². The van der Waals surface area contributed by atoms with Gasteiger partial charge >= 0.3 is 0 Å². The summed E-state index contributed by atoms with van der Waals surface area (Å²) in [6.07, 6.45) is 3.14. The first-order valence-electron chi connectivity index (χ1n) is 9.34. The molecule has 2 rings (SSSR count). The Bertz CT molecular complexity index is 690. The molecule has 1 aromatic carbocycles. The summed E-state index contributed by atoms with van der Waals surface area (Å²) < 4.78 is 3.36. The average Bonchev–Trinajstić information content (AvgIpc) is 2.67. The topological polar surface area (TPSA) is 47.6 Å². The fourth-order valence-electron chi connectivity index (χ4n) is 2.69. The van der Waals surface area contributed by atoms with Crippen molar-refractivity contribution >= 4 is 29.5 Å². The Balaban J connectivity index is 2.23. The van der Waals surface area contributed by atoms with Gasteiger partial charge in [-0.05, 0) is 30.5 Å². The van der Waals surface area contributed by atoms with Crippen molar-refractivity contribution in [3.8, 4) is 0 Å². The predicted molar refractivity (Wildman–Crippen MR) is 115 cm³/mol. The van der Waals surface area contributed by atoms with Crippen LogP contribution in [0.25, 0.3) is 0 Å². The Kier molecular flexibility index (Phi) is 8.38. The van der Waals surface area contributed by atoms with Gasteiger partial charge in [0.05, 0.1) is 0 Å². The van der Waals surface area contributed by atoms with Crippen LogP contribution in [0.3, 0.4) is 0 Å². The van der Waals surface area contributed by atoms with Crippen LogP contribution in [0.2, 0.25) is 5.02 Å². The van der Waals surface area contributed by atoms with Gasteiger partial charge in [-0.15, -0.1) is 0 Å². The van der Waals surface area contributed by atoms with E-state index in [1.165, 1.54) is 0 Å². The number of hydrogen-bond donors (Lipinski definition) is 2. The van der Waals surface area contributed by atoms with E-state index in [0.29, 0.717) is 29.6 Å². The molecule has 0 unspecified atom stereocenters. The normalized spacial score (nSPS) is 14.8. The molecule has 1 aliphatic rings. The molecular weight excluding hydrogens is 380 g/mol. The minimum absolute atomic E-state index is 0.0486. The maximum absolute atomic E-state index is 13.1. The van der Waals surface area contributed by atoms with E-state index in [4.69, 9.17) is 11.6 Å². The van der Waals surface area contributed by atoms with Crippen LogP contribution in [0.1, 0.15) is 38.7 Å². The fourth-order valence-corrected chi connectivity index (χ4v) is 3.73. The number of halogens is 1. The third-order valence-corrected chi connectivity index (χ3v) is 5.41. The van der Waals surface area contributed by atoms with Gasteiger partial charge in [-0.2, -0.15) is 0 Å². The smallest absolute Gasteiger partial charge is 0.279 e. The molecular formula is C20H29ClN4OS. The van der Waals surface area contributed by atoms with Crippen molar-refractivity contribution in [2.75, 3.05) is 19.3 Å². The molecule has 0 aliphatic carbocycles. The van der Waals surface area contributed by atoms with E-state index in [9.17, 15) is 4.79 Å². The Morgan fingerprint density at radius 1 is 1.19 bits per heavy atom. The Morgan fingerprint density at radius 2 is 1.89 bits per heavy atom. The summed E-state index contributed by atoms with van der Waals surface area (Å²) in [7, 11) is 1.93. The van der Waals surface area contributed by atoms with Crippen LogP contribution in [-0.2, 0) is 11.3 Å². The van der Waals surface area contributed by atoms with Gasteiger partial charge in [0.2, 0.25) is 0 Å². The first-order chi connectivity index (χ1) is 13.0. The molecule has 0 atom stereocenters. The van der Waals surface area contributed by atoms with E-state index in [-0.39, 0.29) is 5.91 Å². The van der Waals surface area contributed by atoms with Crippen LogP contribution in [0.5, 0.6) is 0 Å². The third-order valence-electron chi connectivity index (χ3n) is 4.33. The van der Waals surface area contributed by atoms with Crippen molar-refractivity contribution in [1.29, 1.82) is 0 Å². The molecule has 5 nitrogen and oxygen atoms in total. The zero-order chi connectivity index (χ0) is 19.8. The summed E-state index contributed by atoms with van der Waals surface area (Å²) in [4.78, 5) is 16.8. The first-order valence-corrected chi connectivity index (χ1v) is 10.7. The quantitative estimate of drug-likeness (QED) is 0.446. The van der Waals surface area contributed by atoms with Gasteiger partial charge in [0.25, 0.3) is 5.91 Å². The lowest BCUT2D eigenvalue weighted by molar-refractivity contribution is -0.127. The van der Waals surface area contributed by atoms with Crippen molar-refractivity contribution < 1.29 is 4.79 Å². The number of hydrogen-bond acceptors (Lipinski definition) is 5. The highest BCUT2D eigenvalue weighted by Crippen LogP contribution is 2.25. The molecule has 2 N–H and O–H groups in total. The standard InChI is InChI=1S/C20H29ClN4OS/c1-5-7-13-27-23-19-18(22-14-16-8-10-17(21)11-9-16)20(26)25(12-6-2)15(3)24(19)4/h8-11,22-23H,3,5-7,12-14H2,1-2,4H3. The van der Waals surface area contributed by atoms with Crippen LogP contribution in [0.4, 0.5) is 0 Å². The van der Waals surface area contributed by atoms with Crippen molar-refractivity contribution in [2.24, 2.45) is 0 Å². The monoisotopic (exact) mass is 408 g/mol. The highest BCUT2D eigenvalue weighted by atomic mass is 35.5. The van der Waals surface area contributed by atoms with Gasteiger partial charge in [0.15, 0.2) is 0 Å². The van der Waals surface area contributed by atoms with E-state index < -0.39 is 0 Å². The minimum atomic E-state index is -0.0486. The van der Waals surface area contributed by atoms with Gasteiger partial charge in [0, 0.05) is 30.9 Å². The highest BCUT2D eigenvalue weighted by Gasteiger charge is 2.33. The first kappa shape index (κ1) is 21.5. The molecule has 0 bridgehead atoms. The molecule has 1 heterocycles. The van der Waals surface area contributed by atoms with Crippen molar-refractivity contribution in [3.05, 3.63) is 58.8 Å². The number of carbonyl (C=O) groups excluding carboxylic acids is 1. The summed E-state index contributed by atoms with van der Waals surface area (Å²) >= 11 is 7.57. The Hall–Kier alpha value is -1.79. The molecule has 0 spiro atoms. The van der Waals surface area contributed by atoms with Crippen molar-refractivity contribution in [2.45, 2.75) is 39.7 Å². The minimum Gasteiger partial charge on any atom is -0.374 e. The summed E-state index contributed by atoms with van der Waals surface area (Å²) in [6.45, 7) is 9.52. The van der Waals surface area contributed by atoms with E-state index in [1.807, 2.05) is 36.2 Å². The zero-order valence-corrected chi connectivity index (χ0v) is 17.9. The molecule has 0 aromatic heterocycles. The Labute approximate surface area is 171 Å². The maximum atomic E-state index is 13.1. The number of nitrogens with zero attached hydrogens (tertiary/aromatic N) is 2. The number of carbonyl (C=O) groups is 1. The molecule has 27 heavy (non-hydrogen) atoms. The lowest BCUT2D eigenvalue weighted by atomic mass is 10.2. The van der Waals surface area contributed by atoms with Crippen LogP contribution >= 0.6 is 23.5 Å². The molecule has 0 radical (unpaired) electrons. The summed E-state index contributed by atoms with van der Waals surface area (Å²) in [5.41, 5.74) is 1.63. The van der Waals surface area contributed by atoms with Gasteiger partial charge in [0.1, 0.15) is 17.3 Å². The van der Waals surface area contributed by atoms with Gasteiger partial charge in [-0.25, -0.2) is 0 Å². The maximum Gasteiger partial charge on any atom is 0.279 e. The van der Waals surface area contributed by atoms with Crippen LogP contribution in [-0.4, -0.2) is 35.1 Å². The predicted octanol–water partition coefficient (Wildman–Crippen LogP) is 4.29. The number of rotatable bonds is 10. The zero-order valence-electron chi connectivity index (χ0n) is 16.3. The second kappa shape index (κ2) is 10.5. The number of benzene rings is 1. The van der Waals surface area contributed by atoms with Gasteiger partial charge < -0.3 is 14.9 Å². The van der Waals surface area contributed by atoms with E-state index in [2.05, 4.69) is 30.5 Å². The number of amides is 1. The van der Waals surface area contributed by atoms with E-state index in [0.717, 1.165) is 36.4 Å². The second-order valence-corrected chi connectivity index (χ2v) is 7.78. The fraction of sp³-hybridized carbons (Fsp3) is 0.450.